The molecule has 0 unspecified atom stereocenters. The SMILES string of the molecule is C=C(C)CC[Si](CC)(CC)Oc1ccccc1. The zero-order chi connectivity index (χ0) is 12.7. The average Bonchev–Trinajstić information content (AvgIpc) is 2.36. The number of hydrogen-bond donors (Lipinski definition) is 0. The number of benzene rings is 1. The summed E-state index contributed by atoms with van der Waals surface area (Å²) in [6.45, 7) is 10.6. The van der Waals surface area contributed by atoms with Crippen molar-refractivity contribution in [3.8, 4) is 5.75 Å². The predicted octanol–water partition coefficient (Wildman–Crippen LogP) is 5.02. The first-order valence-corrected chi connectivity index (χ1v) is 9.03. The van der Waals surface area contributed by atoms with Gasteiger partial charge in [-0.2, -0.15) is 0 Å². The van der Waals surface area contributed by atoms with Gasteiger partial charge < -0.3 is 4.43 Å². The highest BCUT2D eigenvalue weighted by molar-refractivity contribution is 6.74. The number of hydrogen-bond acceptors (Lipinski definition) is 1. The van der Waals surface area contributed by atoms with Gasteiger partial charge in [0.2, 0.25) is 0 Å². The van der Waals surface area contributed by atoms with Crippen molar-refractivity contribution in [2.75, 3.05) is 0 Å². The molecule has 1 nitrogen and oxygen atoms in total. The van der Waals surface area contributed by atoms with E-state index in [9.17, 15) is 0 Å². The Morgan fingerprint density at radius 3 is 2.24 bits per heavy atom. The lowest BCUT2D eigenvalue weighted by molar-refractivity contribution is 0.528. The Labute approximate surface area is 107 Å². The summed E-state index contributed by atoms with van der Waals surface area (Å²) in [6, 6.07) is 13.8. The molecule has 0 N–H and O–H groups in total. The van der Waals surface area contributed by atoms with Crippen molar-refractivity contribution in [3.05, 3.63) is 42.5 Å². The molecule has 94 valence electrons. The van der Waals surface area contributed by atoms with E-state index in [0.717, 1.165) is 12.2 Å². The van der Waals surface area contributed by atoms with Crippen LogP contribution >= 0.6 is 0 Å². The van der Waals surface area contributed by atoms with Gasteiger partial charge >= 0.3 is 0 Å². The maximum atomic E-state index is 6.35. The van der Waals surface area contributed by atoms with Crippen LogP contribution in [0.1, 0.15) is 27.2 Å². The summed E-state index contributed by atoms with van der Waals surface area (Å²) < 4.78 is 6.35. The van der Waals surface area contributed by atoms with Gasteiger partial charge in [-0.15, -0.1) is 6.58 Å². The third-order valence-corrected chi connectivity index (χ3v) is 7.78. The van der Waals surface area contributed by atoms with E-state index in [1.165, 1.54) is 23.7 Å². The van der Waals surface area contributed by atoms with Crippen LogP contribution < -0.4 is 4.43 Å². The molecule has 0 atom stereocenters. The van der Waals surface area contributed by atoms with Crippen LogP contribution in [-0.4, -0.2) is 8.32 Å². The van der Waals surface area contributed by atoms with E-state index in [0.29, 0.717) is 0 Å². The van der Waals surface area contributed by atoms with Crippen LogP contribution in [0, 0.1) is 0 Å². The van der Waals surface area contributed by atoms with Crippen molar-refractivity contribution in [1.82, 2.24) is 0 Å². The van der Waals surface area contributed by atoms with Crippen LogP contribution in [0.25, 0.3) is 0 Å². The molecule has 0 aliphatic heterocycles. The van der Waals surface area contributed by atoms with Crippen LogP contribution in [-0.2, 0) is 0 Å². The Morgan fingerprint density at radius 2 is 1.76 bits per heavy atom. The van der Waals surface area contributed by atoms with Crippen LogP contribution in [0.2, 0.25) is 18.1 Å². The minimum Gasteiger partial charge on any atom is -0.543 e. The first-order chi connectivity index (χ1) is 8.12. The monoisotopic (exact) mass is 248 g/mol. The maximum absolute atomic E-state index is 6.35. The van der Waals surface area contributed by atoms with Crippen LogP contribution in [0.15, 0.2) is 42.5 Å². The molecule has 0 saturated heterocycles. The molecule has 0 fully saturated rings. The second kappa shape index (κ2) is 6.65. The summed E-state index contributed by atoms with van der Waals surface area (Å²) in [5.74, 6) is 1.03. The van der Waals surface area contributed by atoms with Gasteiger partial charge in [-0.05, 0) is 43.6 Å². The number of allylic oxidation sites excluding steroid dienone is 1. The Balaban J connectivity index is 2.73. The van der Waals surface area contributed by atoms with E-state index in [1.54, 1.807) is 0 Å². The standard InChI is InChI=1S/C15H24OSi/c1-5-17(6-2,13-12-14(3)4)16-15-10-8-7-9-11-15/h7-11H,3,5-6,12-13H2,1-2,4H3. The van der Waals surface area contributed by atoms with Crippen molar-refractivity contribution in [3.63, 3.8) is 0 Å². The molecule has 0 aromatic heterocycles. The first kappa shape index (κ1) is 14.0. The van der Waals surface area contributed by atoms with Crippen molar-refractivity contribution >= 4 is 8.32 Å². The summed E-state index contributed by atoms with van der Waals surface area (Å²) in [5.41, 5.74) is 1.26. The lowest BCUT2D eigenvalue weighted by Crippen LogP contribution is -2.40. The molecule has 1 aromatic rings. The molecule has 2 heteroatoms. The summed E-state index contributed by atoms with van der Waals surface area (Å²) in [6.07, 6.45) is 1.10. The second-order valence-electron chi connectivity index (χ2n) is 4.76. The Kier molecular flexibility index (Phi) is 5.49. The highest BCUT2D eigenvalue weighted by atomic mass is 28.4. The molecule has 17 heavy (non-hydrogen) atoms. The Morgan fingerprint density at radius 1 is 1.18 bits per heavy atom. The molecule has 0 amide bonds. The Hall–Kier alpha value is -1.02. The average molecular weight is 248 g/mol. The normalized spacial score (nSPS) is 11.2. The molecule has 0 heterocycles. The van der Waals surface area contributed by atoms with E-state index < -0.39 is 8.32 Å². The van der Waals surface area contributed by atoms with Crippen molar-refractivity contribution < 1.29 is 4.43 Å². The zero-order valence-corrected chi connectivity index (χ0v) is 12.3. The fraction of sp³-hybridized carbons (Fsp3) is 0.467. The minimum absolute atomic E-state index is 1.03. The molecule has 0 aliphatic rings. The predicted molar refractivity (Wildman–Crippen MR) is 78.0 cm³/mol. The van der Waals surface area contributed by atoms with E-state index in [2.05, 4.69) is 39.5 Å². The largest absolute Gasteiger partial charge is 0.543 e. The molecular formula is C15H24OSi. The Bertz CT molecular complexity index is 341. The van der Waals surface area contributed by atoms with Gasteiger partial charge in [0.25, 0.3) is 8.32 Å². The second-order valence-corrected chi connectivity index (χ2v) is 9.25. The van der Waals surface area contributed by atoms with Gasteiger partial charge in [0.1, 0.15) is 5.75 Å². The first-order valence-electron chi connectivity index (χ1n) is 6.50. The highest BCUT2D eigenvalue weighted by Gasteiger charge is 2.32. The molecular weight excluding hydrogens is 224 g/mol. The third kappa shape index (κ3) is 4.39. The molecule has 0 saturated carbocycles. The van der Waals surface area contributed by atoms with E-state index in [4.69, 9.17) is 4.43 Å². The summed E-state index contributed by atoms with van der Waals surface area (Å²) in [4.78, 5) is 0. The van der Waals surface area contributed by atoms with Gasteiger partial charge in [0.05, 0.1) is 0 Å². The van der Waals surface area contributed by atoms with Gasteiger partial charge in [-0.25, -0.2) is 0 Å². The van der Waals surface area contributed by atoms with Crippen LogP contribution in [0.5, 0.6) is 5.75 Å². The van der Waals surface area contributed by atoms with E-state index >= 15 is 0 Å². The van der Waals surface area contributed by atoms with Crippen LogP contribution in [0.4, 0.5) is 0 Å². The molecule has 1 rings (SSSR count). The fourth-order valence-electron chi connectivity index (χ4n) is 1.98. The minimum atomic E-state index is -1.61. The smallest absolute Gasteiger partial charge is 0.251 e. The molecule has 0 spiro atoms. The van der Waals surface area contributed by atoms with Crippen molar-refractivity contribution in [1.29, 1.82) is 0 Å². The molecule has 0 aliphatic carbocycles. The molecule has 0 bridgehead atoms. The van der Waals surface area contributed by atoms with Gasteiger partial charge in [-0.1, -0.05) is 37.6 Å². The lowest BCUT2D eigenvalue weighted by Gasteiger charge is -2.30. The maximum Gasteiger partial charge on any atom is 0.251 e. The quantitative estimate of drug-likeness (QED) is 0.486. The number of para-hydroxylation sites is 1. The van der Waals surface area contributed by atoms with Gasteiger partial charge in [0.15, 0.2) is 0 Å². The van der Waals surface area contributed by atoms with E-state index in [1.807, 2.05) is 18.2 Å². The van der Waals surface area contributed by atoms with Crippen LogP contribution in [0.3, 0.4) is 0 Å². The lowest BCUT2D eigenvalue weighted by atomic mass is 10.3. The van der Waals surface area contributed by atoms with Crippen molar-refractivity contribution in [2.45, 2.75) is 45.3 Å². The molecule has 0 radical (unpaired) electrons. The highest BCUT2D eigenvalue weighted by Crippen LogP contribution is 2.27. The van der Waals surface area contributed by atoms with Gasteiger partial charge in [-0.3, -0.25) is 0 Å². The molecule has 1 aromatic carbocycles. The van der Waals surface area contributed by atoms with E-state index in [-0.39, 0.29) is 0 Å². The zero-order valence-electron chi connectivity index (χ0n) is 11.3. The van der Waals surface area contributed by atoms with Gasteiger partial charge in [0, 0.05) is 0 Å². The van der Waals surface area contributed by atoms with Crippen molar-refractivity contribution in [2.24, 2.45) is 0 Å². The fourth-order valence-corrected chi connectivity index (χ4v) is 5.09. The summed E-state index contributed by atoms with van der Waals surface area (Å²) >= 11 is 0. The summed E-state index contributed by atoms with van der Waals surface area (Å²) in [5, 5.41) is 0. The summed E-state index contributed by atoms with van der Waals surface area (Å²) in [7, 11) is -1.61. The number of rotatable bonds is 7. The third-order valence-electron chi connectivity index (χ3n) is 3.37. The topological polar surface area (TPSA) is 9.23 Å².